The number of nitrogens with one attached hydrogen (secondary N) is 2. The largest absolute Gasteiger partial charge is 0.353 e. The fourth-order valence-electron chi connectivity index (χ4n) is 3.05. The van der Waals surface area contributed by atoms with E-state index >= 15 is 0 Å². The van der Waals surface area contributed by atoms with Crippen molar-refractivity contribution in [2.75, 3.05) is 0 Å². The molecule has 0 aliphatic carbocycles. The molecule has 4 heteroatoms. The van der Waals surface area contributed by atoms with Crippen LogP contribution in [0.1, 0.15) is 59.8 Å². The van der Waals surface area contributed by atoms with Crippen LogP contribution in [0.4, 0.5) is 0 Å². The normalized spacial score (nSPS) is 31.5. The number of fused-ring (bicyclic) bond motifs is 2. The second-order valence-electron chi connectivity index (χ2n) is 7.34. The van der Waals surface area contributed by atoms with Gasteiger partial charge in [-0.25, -0.2) is 0 Å². The Kier molecular flexibility index (Phi) is 5.69. The fourth-order valence-corrected chi connectivity index (χ4v) is 3.05. The topological polar surface area (TPSA) is 41.1 Å². The molecule has 112 valence electrons. The number of amides is 1. The minimum absolute atomic E-state index is 0. The summed E-state index contributed by atoms with van der Waals surface area (Å²) in [6.45, 7) is 8.78. The summed E-state index contributed by atoms with van der Waals surface area (Å²) in [6, 6.07) is 1.70. The highest BCUT2D eigenvalue weighted by atomic mass is 35.5. The molecule has 2 bridgehead atoms. The Morgan fingerprint density at radius 3 is 2.26 bits per heavy atom. The van der Waals surface area contributed by atoms with E-state index in [1.807, 2.05) is 0 Å². The molecule has 2 fully saturated rings. The molecule has 2 saturated heterocycles. The molecule has 2 aliphatic heterocycles. The first kappa shape index (κ1) is 16.8. The summed E-state index contributed by atoms with van der Waals surface area (Å²) in [5, 5.41) is 6.85. The van der Waals surface area contributed by atoms with Crippen LogP contribution in [-0.2, 0) is 4.79 Å². The molecule has 19 heavy (non-hydrogen) atoms. The lowest BCUT2D eigenvalue weighted by Crippen LogP contribution is -2.48. The lowest BCUT2D eigenvalue weighted by atomic mass is 9.80. The van der Waals surface area contributed by atoms with Gasteiger partial charge in [-0.3, -0.25) is 4.79 Å². The van der Waals surface area contributed by atoms with Crippen LogP contribution in [0, 0.1) is 11.3 Å². The molecule has 3 unspecified atom stereocenters. The predicted molar refractivity (Wildman–Crippen MR) is 81.6 cm³/mol. The second-order valence-corrected chi connectivity index (χ2v) is 7.34. The fraction of sp³-hybridized carbons (Fsp3) is 0.933. The molecule has 2 rings (SSSR count). The van der Waals surface area contributed by atoms with Crippen LogP contribution in [0.25, 0.3) is 0 Å². The lowest BCUT2D eigenvalue weighted by Gasteiger charge is -2.31. The van der Waals surface area contributed by atoms with Crippen LogP contribution in [0.2, 0.25) is 0 Å². The maximum absolute atomic E-state index is 12.1. The van der Waals surface area contributed by atoms with E-state index in [0.29, 0.717) is 30.5 Å². The van der Waals surface area contributed by atoms with E-state index in [4.69, 9.17) is 0 Å². The molecule has 0 aromatic heterocycles. The first-order valence-corrected chi connectivity index (χ1v) is 7.40. The quantitative estimate of drug-likeness (QED) is 0.838. The molecule has 0 aromatic rings. The van der Waals surface area contributed by atoms with Gasteiger partial charge in [0.1, 0.15) is 0 Å². The Balaban J connectivity index is 0.00000180. The van der Waals surface area contributed by atoms with Gasteiger partial charge in [0.25, 0.3) is 0 Å². The van der Waals surface area contributed by atoms with Crippen molar-refractivity contribution in [2.24, 2.45) is 11.3 Å². The van der Waals surface area contributed by atoms with E-state index in [2.05, 4.69) is 38.3 Å². The van der Waals surface area contributed by atoms with Gasteiger partial charge in [0.15, 0.2) is 0 Å². The van der Waals surface area contributed by atoms with Gasteiger partial charge in [-0.2, -0.15) is 0 Å². The van der Waals surface area contributed by atoms with Gasteiger partial charge >= 0.3 is 0 Å². The minimum Gasteiger partial charge on any atom is -0.353 e. The summed E-state index contributed by atoms with van der Waals surface area (Å²) in [5.74, 6) is 0.666. The Hall–Kier alpha value is -0.280. The third kappa shape index (κ3) is 4.64. The summed E-state index contributed by atoms with van der Waals surface area (Å²) in [5.41, 5.74) is 0.213. The number of piperidine rings is 1. The van der Waals surface area contributed by atoms with Crippen molar-refractivity contribution in [1.82, 2.24) is 10.6 Å². The van der Waals surface area contributed by atoms with Crippen molar-refractivity contribution in [3.8, 4) is 0 Å². The van der Waals surface area contributed by atoms with Crippen LogP contribution in [-0.4, -0.2) is 24.0 Å². The lowest BCUT2D eigenvalue weighted by molar-refractivity contribution is -0.123. The third-order valence-corrected chi connectivity index (χ3v) is 4.81. The minimum atomic E-state index is 0. The molecular weight excluding hydrogens is 260 g/mol. The van der Waals surface area contributed by atoms with Gasteiger partial charge < -0.3 is 10.6 Å². The molecule has 2 N–H and O–H groups in total. The van der Waals surface area contributed by atoms with Crippen LogP contribution in [0.5, 0.6) is 0 Å². The molecule has 3 atom stereocenters. The van der Waals surface area contributed by atoms with Gasteiger partial charge in [0, 0.05) is 24.5 Å². The zero-order chi connectivity index (χ0) is 13.3. The van der Waals surface area contributed by atoms with E-state index in [9.17, 15) is 4.79 Å². The maximum Gasteiger partial charge on any atom is 0.220 e. The molecule has 0 radical (unpaired) electrons. The second kappa shape index (κ2) is 6.45. The number of carbonyl (C=O) groups is 1. The van der Waals surface area contributed by atoms with E-state index < -0.39 is 0 Å². The summed E-state index contributed by atoms with van der Waals surface area (Å²) >= 11 is 0. The van der Waals surface area contributed by atoms with Crippen LogP contribution in [0.3, 0.4) is 0 Å². The Morgan fingerprint density at radius 1 is 1.26 bits per heavy atom. The van der Waals surface area contributed by atoms with Gasteiger partial charge in [0.2, 0.25) is 5.91 Å². The average Bonchev–Trinajstić information content (AvgIpc) is 2.56. The molecule has 2 heterocycles. The highest BCUT2D eigenvalue weighted by molar-refractivity contribution is 5.85. The van der Waals surface area contributed by atoms with Crippen molar-refractivity contribution in [1.29, 1.82) is 0 Å². The molecule has 2 aliphatic rings. The monoisotopic (exact) mass is 288 g/mol. The van der Waals surface area contributed by atoms with Crippen molar-refractivity contribution < 1.29 is 4.79 Å². The third-order valence-electron chi connectivity index (χ3n) is 4.81. The average molecular weight is 289 g/mol. The number of hydrogen-bond donors (Lipinski definition) is 2. The highest BCUT2D eigenvalue weighted by Gasteiger charge is 2.34. The summed E-state index contributed by atoms with van der Waals surface area (Å²) in [7, 11) is 0. The molecule has 0 aromatic carbocycles. The van der Waals surface area contributed by atoms with Gasteiger partial charge in [0.05, 0.1) is 0 Å². The van der Waals surface area contributed by atoms with Crippen LogP contribution >= 0.6 is 12.4 Å². The van der Waals surface area contributed by atoms with Crippen molar-refractivity contribution in [2.45, 2.75) is 77.9 Å². The molecule has 3 nitrogen and oxygen atoms in total. The maximum atomic E-state index is 12.1. The standard InChI is InChI=1S/C15H28N2O.ClH/c1-10(15(2,3)4)7-14(18)17-13-8-11-5-6-12(9-13)16-11;/h10-13,16H,5-9H2,1-4H3,(H,17,18);1H. The summed E-state index contributed by atoms with van der Waals surface area (Å²) in [6.07, 6.45) is 5.46. The highest BCUT2D eigenvalue weighted by Crippen LogP contribution is 2.29. The van der Waals surface area contributed by atoms with Gasteiger partial charge in [-0.05, 0) is 37.0 Å². The Labute approximate surface area is 123 Å². The Morgan fingerprint density at radius 2 is 1.79 bits per heavy atom. The molecular formula is C15H29ClN2O. The van der Waals surface area contributed by atoms with Crippen molar-refractivity contribution >= 4 is 18.3 Å². The zero-order valence-electron chi connectivity index (χ0n) is 12.7. The first-order valence-electron chi connectivity index (χ1n) is 7.40. The molecule has 1 amide bonds. The summed E-state index contributed by atoms with van der Waals surface area (Å²) in [4.78, 5) is 12.1. The van der Waals surface area contributed by atoms with E-state index in [1.165, 1.54) is 12.8 Å². The van der Waals surface area contributed by atoms with Crippen LogP contribution < -0.4 is 10.6 Å². The first-order chi connectivity index (χ1) is 8.34. The van der Waals surface area contributed by atoms with Crippen LogP contribution in [0.15, 0.2) is 0 Å². The van der Waals surface area contributed by atoms with Crippen molar-refractivity contribution in [3.05, 3.63) is 0 Å². The SMILES string of the molecule is CC(CC(=O)NC1CC2CCC(C1)N2)C(C)(C)C.Cl. The number of hydrogen-bond acceptors (Lipinski definition) is 2. The summed E-state index contributed by atoms with van der Waals surface area (Å²) < 4.78 is 0. The van der Waals surface area contributed by atoms with E-state index in [1.54, 1.807) is 0 Å². The van der Waals surface area contributed by atoms with E-state index in [0.717, 1.165) is 12.8 Å². The smallest absolute Gasteiger partial charge is 0.220 e. The zero-order valence-corrected chi connectivity index (χ0v) is 13.5. The predicted octanol–water partition coefficient (Wildman–Crippen LogP) is 2.88. The number of carbonyl (C=O) groups excluding carboxylic acids is 1. The van der Waals surface area contributed by atoms with E-state index in [-0.39, 0.29) is 23.7 Å². The van der Waals surface area contributed by atoms with Gasteiger partial charge in [-0.15, -0.1) is 12.4 Å². The number of rotatable bonds is 3. The molecule has 0 saturated carbocycles. The Bertz CT molecular complexity index is 302. The van der Waals surface area contributed by atoms with Gasteiger partial charge in [-0.1, -0.05) is 27.7 Å². The number of halogens is 1. The van der Waals surface area contributed by atoms with Crippen molar-refractivity contribution in [3.63, 3.8) is 0 Å². The molecule has 0 spiro atoms.